The van der Waals surface area contributed by atoms with E-state index in [2.05, 4.69) is 41.8 Å². The molecule has 0 radical (unpaired) electrons. The van der Waals surface area contributed by atoms with Gasteiger partial charge in [-0.15, -0.1) is 10.5 Å². The zero-order valence-electron chi connectivity index (χ0n) is 17.5. The summed E-state index contributed by atoms with van der Waals surface area (Å²) in [6.07, 6.45) is 9.13. The van der Waals surface area contributed by atoms with Crippen molar-refractivity contribution < 1.29 is 14.3 Å². The molecule has 30 heavy (non-hydrogen) atoms. The van der Waals surface area contributed by atoms with Gasteiger partial charge in [-0.3, -0.25) is 0 Å². The van der Waals surface area contributed by atoms with Gasteiger partial charge in [-0.05, 0) is 80.4 Å². The molecule has 158 valence electrons. The second-order valence-electron chi connectivity index (χ2n) is 9.82. The van der Waals surface area contributed by atoms with E-state index in [-0.39, 0.29) is 29.2 Å². The highest BCUT2D eigenvalue weighted by Gasteiger charge is 2.49. The minimum Gasteiger partial charge on any atom is -0.481 e. The van der Waals surface area contributed by atoms with Crippen molar-refractivity contribution in [1.29, 1.82) is 0 Å². The lowest BCUT2D eigenvalue weighted by molar-refractivity contribution is -0.172. The Morgan fingerprint density at radius 1 is 0.933 bits per heavy atom. The number of hydrogen-bond donors (Lipinski definition) is 0. The van der Waals surface area contributed by atoms with E-state index in [1.807, 2.05) is 0 Å². The van der Waals surface area contributed by atoms with E-state index in [4.69, 9.17) is 9.47 Å². The maximum Gasteiger partial charge on any atom is 0.344 e. The van der Waals surface area contributed by atoms with Crippen LogP contribution >= 0.6 is 0 Å². The average Bonchev–Trinajstić information content (AvgIpc) is 3.28. The van der Waals surface area contributed by atoms with E-state index < -0.39 is 0 Å². The van der Waals surface area contributed by atoms with E-state index in [1.165, 1.54) is 61.0 Å². The van der Waals surface area contributed by atoms with Gasteiger partial charge in [-0.25, -0.2) is 4.79 Å². The van der Waals surface area contributed by atoms with Crippen molar-refractivity contribution in [1.82, 2.24) is 0 Å². The van der Waals surface area contributed by atoms with Gasteiger partial charge in [0.1, 0.15) is 16.7 Å². The highest BCUT2D eigenvalue weighted by Crippen LogP contribution is 2.54. The molecule has 0 N–H and O–H groups in total. The molecule has 1 atom stereocenters. The fourth-order valence-electron chi connectivity index (χ4n) is 6.84. The zero-order valence-corrected chi connectivity index (χ0v) is 18.4. The minimum atomic E-state index is -0.200. The lowest BCUT2D eigenvalue weighted by atomic mass is 9.55. The molecule has 0 saturated heterocycles. The van der Waals surface area contributed by atoms with Crippen LogP contribution in [-0.4, -0.2) is 29.8 Å². The average molecular weight is 424 g/mol. The van der Waals surface area contributed by atoms with Crippen LogP contribution in [0.3, 0.4) is 0 Å². The molecule has 7 rings (SSSR count). The normalized spacial score (nSPS) is 34.1. The Morgan fingerprint density at radius 2 is 1.67 bits per heavy atom. The molecule has 0 aromatic heterocycles. The molecule has 4 bridgehead atoms. The van der Waals surface area contributed by atoms with Crippen molar-refractivity contribution in [2.75, 3.05) is 12.4 Å². The Kier molecular flexibility index (Phi) is 4.86. The Balaban J connectivity index is 1.16. The lowest BCUT2D eigenvalue weighted by Crippen LogP contribution is -2.50. The summed E-state index contributed by atoms with van der Waals surface area (Å²) in [4.78, 5) is 14.1. The lowest BCUT2D eigenvalue weighted by Gasteiger charge is -2.53. The zero-order chi connectivity index (χ0) is 20.1. The maximum atomic E-state index is 12.7. The van der Waals surface area contributed by atoms with Gasteiger partial charge in [0.2, 0.25) is 0 Å². The third-order valence-corrected chi connectivity index (χ3v) is 10.4. The van der Waals surface area contributed by atoms with Gasteiger partial charge in [0.15, 0.2) is 6.61 Å². The first-order chi connectivity index (χ1) is 14.7. The van der Waals surface area contributed by atoms with Crippen LogP contribution in [0.2, 0.25) is 0 Å². The van der Waals surface area contributed by atoms with Crippen LogP contribution in [0.4, 0.5) is 0 Å². The van der Waals surface area contributed by atoms with Gasteiger partial charge in [0, 0.05) is 17.2 Å². The summed E-state index contributed by atoms with van der Waals surface area (Å²) < 4.78 is 12.0. The summed E-state index contributed by atoms with van der Waals surface area (Å²) in [5, 5.41) is 4.88. The van der Waals surface area contributed by atoms with Gasteiger partial charge in [0.05, 0.1) is 11.1 Å². The summed E-state index contributed by atoms with van der Waals surface area (Å²) in [6.45, 7) is 0.00697. The van der Waals surface area contributed by atoms with Crippen LogP contribution in [0.5, 0.6) is 5.75 Å². The predicted molar refractivity (Wildman–Crippen MR) is 124 cm³/mol. The summed E-state index contributed by atoms with van der Waals surface area (Å²) in [6, 6.07) is 12.7. The van der Waals surface area contributed by atoms with Crippen LogP contribution in [0.25, 0.3) is 10.8 Å². The highest BCUT2D eigenvalue weighted by molar-refractivity contribution is 7.95. The molecule has 1 heterocycles. The van der Waals surface area contributed by atoms with Crippen LogP contribution < -0.4 is 4.74 Å². The Morgan fingerprint density at radius 3 is 2.37 bits per heavy atom. The first kappa shape index (κ1) is 18.9. The number of esters is 1. The Hall–Kier alpha value is -1.81. The summed E-state index contributed by atoms with van der Waals surface area (Å²) in [5.41, 5.74) is 0. The number of benzene rings is 2. The first-order valence-corrected chi connectivity index (χ1v) is 13.3. The monoisotopic (exact) mass is 423 g/mol. The van der Waals surface area contributed by atoms with Crippen LogP contribution in [-0.2, 0) is 20.0 Å². The standard InChI is InChI=1S/C26H30O3S/c27-25(29-26-19-12-17-11-18(14-19)15-20(26)13-17)16-28-23-7-8-24(30-9-3-4-10-30)22-6-2-1-5-21(22)23/h1-2,5-9,17-20,26H,3-4,10-16H2/p+1. The third kappa shape index (κ3) is 3.37. The number of carbonyl (C=O) groups excluding carboxylic acids is 1. The SMILES string of the molecule is O=C(COc1ccc([SH+]2=CCCC2)c2ccccc12)OC1C2CC3CC(C2)CC1C3. The molecule has 2 aromatic carbocycles. The fraction of sp³-hybridized carbons (Fsp3) is 0.538. The molecule has 5 aliphatic rings. The van der Waals surface area contributed by atoms with Crippen molar-refractivity contribution in [3.8, 4) is 5.75 Å². The highest BCUT2D eigenvalue weighted by atomic mass is 32.2. The van der Waals surface area contributed by atoms with Crippen LogP contribution in [0.1, 0.15) is 44.9 Å². The molecule has 4 aliphatic carbocycles. The van der Waals surface area contributed by atoms with E-state index in [1.54, 1.807) is 0 Å². The predicted octanol–water partition coefficient (Wildman–Crippen LogP) is 4.89. The van der Waals surface area contributed by atoms with Gasteiger partial charge in [-0.1, -0.05) is 18.2 Å². The fourth-order valence-corrected chi connectivity index (χ4v) is 9.25. The minimum absolute atomic E-state index is 0.00697. The molecular weight excluding hydrogens is 392 g/mol. The van der Waals surface area contributed by atoms with E-state index in [0.29, 0.717) is 11.8 Å². The van der Waals surface area contributed by atoms with Gasteiger partial charge in [-0.2, -0.15) is 0 Å². The molecule has 4 saturated carbocycles. The number of carbonyl (C=O) groups is 1. The number of hydrogen-bond acceptors (Lipinski definition) is 3. The van der Waals surface area contributed by atoms with Crippen molar-refractivity contribution in [3.63, 3.8) is 0 Å². The van der Waals surface area contributed by atoms with Crippen LogP contribution in [0.15, 0.2) is 41.3 Å². The van der Waals surface area contributed by atoms with Gasteiger partial charge < -0.3 is 9.47 Å². The molecule has 4 fully saturated rings. The maximum absolute atomic E-state index is 12.7. The van der Waals surface area contributed by atoms with E-state index >= 15 is 0 Å². The number of ether oxygens (including phenoxy) is 2. The summed E-state index contributed by atoms with van der Waals surface area (Å²) >= 11 is 0. The molecular formula is C26H31O3S+. The quantitative estimate of drug-likeness (QED) is 0.297. The molecule has 0 spiro atoms. The molecule has 3 nitrogen and oxygen atoms in total. The van der Waals surface area contributed by atoms with Gasteiger partial charge in [0.25, 0.3) is 0 Å². The largest absolute Gasteiger partial charge is 0.481 e. The van der Waals surface area contributed by atoms with Crippen LogP contribution in [0, 0.1) is 23.7 Å². The van der Waals surface area contributed by atoms with Gasteiger partial charge >= 0.3 is 5.97 Å². The summed E-state index contributed by atoms with van der Waals surface area (Å²) in [7, 11) is -0.164. The Bertz CT molecular complexity index is 983. The number of fused-ring (bicyclic) bond motifs is 1. The number of rotatable bonds is 5. The van der Waals surface area contributed by atoms with Crippen molar-refractivity contribution >= 4 is 32.6 Å². The molecule has 1 unspecified atom stereocenters. The smallest absolute Gasteiger partial charge is 0.344 e. The summed E-state index contributed by atoms with van der Waals surface area (Å²) in [5.74, 6) is 4.85. The second-order valence-corrected chi connectivity index (χ2v) is 12.1. The second kappa shape index (κ2) is 7.71. The molecule has 4 heteroatoms. The van der Waals surface area contributed by atoms with Crippen molar-refractivity contribution in [2.24, 2.45) is 23.7 Å². The Labute approximate surface area is 181 Å². The van der Waals surface area contributed by atoms with Crippen molar-refractivity contribution in [2.45, 2.75) is 55.9 Å². The van der Waals surface area contributed by atoms with E-state index in [0.717, 1.165) is 23.0 Å². The topological polar surface area (TPSA) is 35.5 Å². The number of thiol groups is 1. The third-order valence-electron chi connectivity index (χ3n) is 7.88. The molecule has 2 aromatic rings. The van der Waals surface area contributed by atoms with Crippen molar-refractivity contribution in [3.05, 3.63) is 36.4 Å². The first-order valence-electron chi connectivity index (χ1n) is 11.7. The molecule has 0 amide bonds. The molecule has 1 aliphatic heterocycles. The van der Waals surface area contributed by atoms with E-state index in [9.17, 15) is 4.79 Å².